The van der Waals surface area contributed by atoms with E-state index in [2.05, 4.69) is 20.0 Å². The molecule has 0 spiro atoms. The van der Waals surface area contributed by atoms with E-state index in [0.29, 0.717) is 17.1 Å². The Bertz CT molecular complexity index is 1520. The Morgan fingerprint density at radius 2 is 2.12 bits per heavy atom. The van der Waals surface area contributed by atoms with E-state index in [1.165, 1.54) is 17.8 Å². The van der Waals surface area contributed by atoms with Crippen LogP contribution in [0, 0.1) is 12.3 Å². The lowest BCUT2D eigenvalue weighted by atomic mass is 9.97. The van der Waals surface area contributed by atoms with Gasteiger partial charge in [-0.25, -0.2) is 14.5 Å². The second-order valence-electron chi connectivity index (χ2n) is 9.72. The summed E-state index contributed by atoms with van der Waals surface area (Å²) in [6.45, 7) is 2.65. The number of halogens is 1. The molecule has 1 aliphatic heterocycles. The average Bonchev–Trinajstić information content (AvgIpc) is 3.50. The van der Waals surface area contributed by atoms with Crippen molar-refractivity contribution in [3.63, 3.8) is 0 Å². The van der Waals surface area contributed by atoms with Crippen molar-refractivity contribution in [1.82, 2.24) is 24.6 Å². The van der Waals surface area contributed by atoms with E-state index < -0.39 is 50.2 Å². The number of rotatable bonds is 13. The third-order valence-electron chi connectivity index (χ3n) is 6.36. The number of anilines is 2. The minimum Gasteiger partial charge on any atom is -0.465 e. The molecule has 0 aliphatic carbocycles. The number of aromatic nitrogens is 4. The molecule has 0 radical (unpaired) electrons. The Kier molecular flexibility index (Phi) is 10.2. The first kappa shape index (κ1) is 32.5. The monoisotopic (exact) mass is 637 g/mol. The summed E-state index contributed by atoms with van der Waals surface area (Å²) in [5, 5.41) is 13.6. The summed E-state index contributed by atoms with van der Waals surface area (Å²) in [6, 6.07) is 7.73. The number of alkyl halides is 1. The van der Waals surface area contributed by atoms with Crippen LogP contribution < -0.4 is 19.9 Å². The smallest absolute Gasteiger partial charge is 0.323 e. The zero-order chi connectivity index (χ0) is 31.4. The van der Waals surface area contributed by atoms with Gasteiger partial charge in [0, 0.05) is 14.1 Å². The number of nitrogens with zero attached hydrogens (tertiary/aromatic N) is 5. The zero-order valence-electron chi connectivity index (χ0n) is 23.9. The van der Waals surface area contributed by atoms with Crippen LogP contribution in [0.15, 0.2) is 36.7 Å². The molecule has 0 bridgehead atoms. The van der Waals surface area contributed by atoms with E-state index in [1.807, 2.05) is 12.0 Å². The molecule has 1 unspecified atom stereocenters. The van der Waals surface area contributed by atoms with Crippen LogP contribution in [-0.4, -0.2) is 87.3 Å². The van der Waals surface area contributed by atoms with Crippen molar-refractivity contribution >= 4 is 48.5 Å². The third-order valence-corrected chi connectivity index (χ3v) is 9.80. The van der Waals surface area contributed by atoms with E-state index in [9.17, 15) is 14.5 Å². The molecule has 3 heterocycles. The lowest BCUT2D eigenvalue weighted by molar-refractivity contribution is -0.144. The maximum atomic E-state index is 16.2. The number of aliphatic hydroxyl groups is 1. The van der Waals surface area contributed by atoms with Crippen LogP contribution in [0.1, 0.15) is 20.1 Å². The van der Waals surface area contributed by atoms with Gasteiger partial charge in [0.05, 0.1) is 31.6 Å². The molecule has 3 aromatic rings. The Balaban J connectivity index is 1.56. The number of hydrogen-bond acceptors (Lipinski definition) is 13. The fourth-order valence-corrected chi connectivity index (χ4v) is 7.04. The van der Waals surface area contributed by atoms with Crippen molar-refractivity contribution in [3.05, 3.63) is 36.7 Å². The van der Waals surface area contributed by atoms with Gasteiger partial charge >= 0.3 is 5.97 Å². The minimum absolute atomic E-state index is 0.0977. The van der Waals surface area contributed by atoms with Crippen LogP contribution in [0.4, 0.5) is 16.2 Å². The van der Waals surface area contributed by atoms with Crippen molar-refractivity contribution in [1.29, 1.82) is 0 Å². The number of nitrogens with two attached hydrogens (primary N) is 1. The van der Waals surface area contributed by atoms with Crippen molar-refractivity contribution in [2.45, 2.75) is 44.0 Å². The molecule has 43 heavy (non-hydrogen) atoms. The van der Waals surface area contributed by atoms with Crippen molar-refractivity contribution in [3.8, 4) is 18.1 Å². The van der Waals surface area contributed by atoms with Gasteiger partial charge in [-0.05, 0) is 26.0 Å². The highest BCUT2D eigenvalue weighted by atomic mass is 32.2. The number of esters is 1. The second kappa shape index (κ2) is 13.5. The highest BCUT2D eigenvalue weighted by Crippen LogP contribution is 2.49. The number of ether oxygens (including phenoxy) is 2. The largest absolute Gasteiger partial charge is 0.465 e. The molecule has 1 fully saturated rings. The van der Waals surface area contributed by atoms with E-state index in [0.717, 1.165) is 12.0 Å². The highest BCUT2D eigenvalue weighted by molar-refractivity contribution is 8.01. The fraction of sp³-hybridized carbons (Fsp3) is 0.462. The van der Waals surface area contributed by atoms with E-state index in [4.69, 9.17) is 30.3 Å². The van der Waals surface area contributed by atoms with Crippen LogP contribution in [0.3, 0.4) is 0 Å². The lowest BCUT2D eigenvalue weighted by Gasteiger charge is -2.25. The Morgan fingerprint density at radius 1 is 1.40 bits per heavy atom. The number of benzene rings is 1. The maximum Gasteiger partial charge on any atom is 0.323 e. The predicted molar refractivity (Wildman–Crippen MR) is 159 cm³/mol. The van der Waals surface area contributed by atoms with Crippen molar-refractivity contribution in [2.75, 3.05) is 43.4 Å². The number of fused-ring (bicyclic) bond motifs is 1. The summed E-state index contributed by atoms with van der Waals surface area (Å²) < 4.78 is 53.5. The molecule has 1 aromatic carbocycles. The van der Waals surface area contributed by atoms with Crippen LogP contribution in [-0.2, 0) is 23.4 Å². The minimum atomic E-state index is -3.90. The number of carbonyl (C=O) groups is 1. The molecular weight excluding hydrogens is 604 g/mol. The van der Waals surface area contributed by atoms with Gasteiger partial charge in [-0.1, -0.05) is 24.1 Å². The van der Waals surface area contributed by atoms with Crippen LogP contribution in [0.5, 0.6) is 5.75 Å². The lowest BCUT2D eigenvalue weighted by Crippen LogP contribution is -2.42. The van der Waals surface area contributed by atoms with Gasteiger partial charge in [0.25, 0.3) is 7.52 Å². The molecule has 14 nitrogen and oxygen atoms in total. The zero-order valence-corrected chi connectivity index (χ0v) is 25.6. The standard InChI is InChI=1S/C26H33FN7O7PS/c1-6-26(27)20(35)18(40-24(26)34-14-29-19-21(33(4)5)30-25(28)31-22(19)34)13-39-42(37,32-16(3)23(36)38-7-2)15-43-41-17-11-9-8-10-12-17/h1,8-12,14,16,18,20,24,35H,7,13,15H2,2-5H3,(H,32,37)(H2,28,30,31)/t16-,18-,20-,24-,26-,42?/m1/s1. The van der Waals surface area contributed by atoms with Gasteiger partial charge in [-0.2, -0.15) is 9.97 Å². The number of nitrogen functional groups attached to an aromatic ring is 1. The van der Waals surface area contributed by atoms with Crippen LogP contribution in [0.2, 0.25) is 0 Å². The highest BCUT2D eigenvalue weighted by Gasteiger charge is 2.58. The molecule has 4 N–H and O–H groups in total. The van der Waals surface area contributed by atoms with Gasteiger partial charge in [-0.15, -0.1) is 6.42 Å². The second-order valence-corrected chi connectivity index (χ2v) is 13.0. The molecule has 0 amide bonds. The molecule has 6 atom stereocenters. The first-order chi connectivity index (χ1) is 20.4. The average molecular weight is 638 g/mol. The summed E-state index contributed by atoms with van der Waals surface area (Å²) in [7, 11) is -0.453. The molecular formula is C26H33FN7O7PS. The summed E-state index contributed by atoms with van der Waals surface area (Å²) >= 11 is 0.818. The summed E-state index contributed by atoms with van der Waals surface area (Å²) in [5.41, 5.74) is 3.28. The van der Waals surface area contributed by atoms with Gasteiger partial charge in [0.2, 0.25) is 11.6 Å². The van der Waals surface area contributed by atoms with Crippen LogP contribution >= 0.6 is 19.6 Å². The molecule has 232 valence electrons. The summed E-state index contributed by atoms with van der Waals surface area (Å²) in [6.07, 6.45) is 1.92. The molecule has 1 saturated heterocycles. The van der Waals surface area contributed by atoms with Crippen molar-refractivity contribution in [2.24, 2.45) is 0 Å². The van der Waals surface area contributed by atoms with E-state index in [-0.39, 0.29) is 23.7 Å². The van der Waals surface area contributed by atoms with E-state index >= 15 is 4.39 Å². The molecule has 4 rings (SSSR count). The number of carbonyl (C=O) groups excluding carboxylic acids is 1. The number of nitrogens with one attached hydrogen (secondary N) is 1. The maximum absolute atomic E-state index is 16.2. The number of hydrogen-bond donors (Lipinski definition) is 3. The topological polar surface area (TPSA) is 176 Å². The van der Waals surface area contributed by atoms with Gasteiger partial charge in [0.1, 0.15) is 29.5 Å². The number of para-hydroxylation sites is 1. The number of terminal acetylenes is 1. The summed E-state index contributed by atoms with van der Waals surface area (Å²) in [4.78, 5) is 26.5. The number of imidazole rings is 1. The normalized spacial score (nSPS) is 23.8. The number of aliphatic hydroxyl groups excluding tert-OH is 1. The molecule has 17 heteroatoms. The first-order valence-corrected chi connectivity index (χ1v) is 15.8. The molecule has 2 aromatic heterocycles. The van der Waals surface area contributed by atoms with Crippen LogP contribution in [0.25, 0.3) is 11.2 Å². The summed E-state index contributed by atoms with van der Waals surface area (Å²) in [5.74, 6) is 2.11. The SMILES string of the molecule is C#C[C@@]1(F)[C@H](O)[C@@H](COP(=O)(CSOc2ccccc2)N[C@H](C)C(=O)OCC)O[C@H]1n1cnc2c(N(C)C)nc(N)nc21. The first-order valence-electron chi connectivity index (χ1n) is 13.1. The van der Waals surface area contributed by atoms with Gasteiger partial charge in [0.15, 0.2) is 23.2 Å². The fourth-order valence-electron chi connectivity index (χ4n) is 4.27. The molecule has 1 aliphatic rings. The van der Waals surface area contributed by atoms with Gasteiger partial charge < -0.3 is 33.9 Å². The van der Waals surface area contributed by atoms with Gasteiger partial charge in [-0.3, -0.25) is 13.9 Å². The van der Waals surface area contributed by atoms with Crippen molar-refractivity contribution < 1.29 is 37.0 Å². The Hall–Kier alpha value is -3.45. The molecule has 0 saturated carbocycles. The quantitative estimate of drug-likeness (QED) is 0.108. The predicted octanol–water partition coefficient (Wildman–Crippen LogP) is 2.51. The Morgan fingerprint density at radius 3 is 2.77 bits per heavy atom. The third kappa shape index (κ3) is 7.04. The Labute approximate surface area is 252 Å². The van der Waals surface area contributed by atoms with E-state index in [1.54, 1.807) is 50.2 Å².